The molecule has 0 spiro atoms. The van der Waals surface area contributed by atoms with E-state index in [1.807, 2.05) is 0 Å². The Labute approximate surface area is 225 Å². The van der Waals surface area contributed by atoms with Crippen molar-refractivity contribution in [3.05, 3.63) is 63.7 Å². The van der Waals surface area contributed by atoms with E-state index in [2.05, 4.69) is 25.1 Å². The molecule has 12 nitrogen and oxygen atoms in total. The molecule has 1 amide bonds. The van der Waals surface area contributed by atoms with E-state index < -0.39 is 20.9 Å². The first-order valence-corrected chi connectivity index (χ1v) is 14.5. The summed E-state index contributed by atoms with van der Waals surface area (Å²) in [6.45, 7) is 3.47. The van der Waals surface area contributed by atoms with E-state index in [1.54, 1.807) is 24.6 Å². The van der Waals surface area contributed by atoms with Crippen molar-refractivity contribution in [2.45, 2.75) is 62.8 Å². The van der Waals surface area contributed by atoms with Crippen LogP contribution in [0.1, 0.15) is 60.4 Å². The van der Waals surface area contributed by atoms with Crippen LogP contribution in [-0.4, -0.2) is 39.0 Å². The van der Waals surface area contributed by atoms with Gasteiger partial charge < -0.3 is 5.32 Å². The third-order valence-corrected chi connectivity index (χ3v) is 9.57. The molecule has 204 valence electrons. The Hall–Kier alpha value is -3.87. The number of nitrogens with zero attached hydrogens (tertiary/aromatic N) is 5. The summed E-state index contributed by atoms with van der Waals surface area (Å²) in [4.78, 5) is 32.5. The van der Waals surface area contributed by atoms with E-state index in [0.717, 1.165) is 19.3 Å². The van der Waals surface area contributed by atoms with Crippen molar-refractivity contribution in [1.29, 1.82) is 0 Å². The first kappa shape index (κ1) is 25.4. The van der Waals surface area contributed by atoms with Crippen molar-refractivity contribution in [2.75, 3.05) is 10.0 Å². The number of rotatable bonds is 7. The predicted octanol–water partition coefficient (Wildman–Crippen LogP) is 4.18. The van der Waals surface area contributed by atoms with E-state index in [1.165, 1.54) is 49.7 Å². The highest BCUT2D eigenvalue weighted by molar-refractivity contribution is 7.92. The molecule has 0 aliphatic heterocycles. The zero-order chi connectivity index (χ0) is 27.5. The molecule has 2 heterocycles. The van der Waals surface area contributed by atoms with E-state index in [9.17, 15) is 23.3 Å². The number of sulfonamides is 1. The van der Waals surface area contributed by atoms with Crippen molar-refractivity contribution in [3.63, 3.8) is 0 Å². The molecule has 0 unspecified atom stereocenters. The van der Waals surface area contributed by atoms with Crippen molar-refractivity contribution in [1.82, 2.24) is 19.7 Å². The van der Waals surface area contributed by atoms with Crippen molar-refractivity contribution in [3.8, 4) is 0 Å². The lowest BCUT2D eigenvalue weighted by molar-refractivity contribution is -0.385. The van der Waals surface area contributed by atoms with E-state index in [0.29, 0.717) is 29.1 Å². The van der Waals surface area contributed by atoms with E-state index >= 15 is 0 Å². The fourth-order valence-corrected chi connectivity index (χ4v) is 8.05. The first-order chi connectivity index (χ1) is 18.5. The number of amides is 1. The summed E-state index contributed by atoms with van der Waals surface area (Å²) in [5.74, 6) is 1.09. The fourth-order valence-electron chi connectivity index (χ4n) is 7.11. The molecule has 0 radical (unpaired) electrons. The largest absolute Gasteiger partial charge is 0.320 e. The Morgan fingerprint density at radius 1 is 1.03 bits per heavy atom. The number of carbonyl (C=O) groups is 1. The first-order valence-electron chi connectivity index (χ1n) is 13.0. The standard InChI is InChI=1S/C26H29N7O5S/c1-15-7-16(2)28-25(27-15)31-39(37,38)21-5-3-20(4-6-21)29-24(34)23-22(33(35)36)14-32(30-23)26-11-17-8-18(12-26)10-19(9-17)13-26/h3-7,14,17-19H,8-13H2,1-2H3,(H,29,34)(H,27,28,31). The molecule has 3 aromatic rings. The molecule has 4 fully saturated rings. The molecule has 4 aliphatic rings. The third-order valence-electron chi connectivity index (χ3n) is 8.23. The fraction of sp³-hybridized carbons (Fsp3) is 0.462. The maximum atomic E-state index is 13.1. The third kappa shape index (κ3) is 4.75. The zero-order valence-corrected chi connectivity index (χ0v) is 22.4. The second kappa shape index (κ2) is 9.11. The van der Waals surface area contributed by atoms with Gasteiger partial charge in [0.1, 0.15) is 6.20 Å². The van der Waals surface area contributed by atoms with Gasteiger partial charge in [-0.2, -0.15) is 5.10 Å². The van der Waals surface area contributed by atoms with Gasteiger partial charge in [0, 0.05) is 17.1 Å². The Morgan fingerprint density at radius 3 is 2.13 bits per heavy atom. The maximum absolute atomic E-state index is 13.1. The molecule has 1 aromatic carbocycles. The number of aromatic nitrogens is 4. The molecule has 4 aliphatic carbocycles. The van der Waals surface area contributed by atoms with Crippen LogP contribution in [0.3, 0.4) is 0 Å². The number of anilines is 2. The van der Waals surface area contributed by atoms with Crippen LogP contribution in [-0.2, 0) is 15.6 Å². The van der Waals surface area contributed by atoms with Gasteiger partial charge in [0.05, 0.1) is 15.4 Å². The van der Waals surface area contributed by atoms with Crippen LogP contribution in [0, 0.1) is 41.7 Å². The lowest BCUT2D eigenvalue weighted by Gasteiger charge is -2.56. The number of nitrogens with one attached hydrogen (secondary N) is 2. The Bertz CT molecular complexity index is 1530. The second-order valence-electron chi connectivity index (χ2n) is 11.3. The summed E-state index contributed by atoms with van der Waals surface area (Å²) >= 11 is 0. The minimum absolute atomic E-state index is 0.0354. The molecule has 4 saturated carbocycles. The maximum Gasteiger partial charge on any atom is 0.320 e. The van der Waals surface area contributed by atoms with E-state index in [4.69, 9.17) is 0 Å². The van der Waals surface area contributed by atoms with Crippen LogP contribution in [0.15, 0.2) is 41.4 Å². The molecule has 4 bridgehead atoms. The van der Waals surface area contributed by atoms with Gasteiger partial charge in [-0.05, 0) is 100 Å². The number of benzene rings is 1. The number of carbonyl (C=O) groups excluding carboxylic acids is 1. The van der Waals surface area contributed by atoms with Crippen molar-refractivity contribution < 1.29 is 18.1 Å². The quantitative estimate of drug-likeness (QED) is 0.326. The minimum Gasteiger partial charge on any atom is -0.320 e. The predicted molar refractivity (Wildman–Crippen MR) is 142 cm³/mol. The van der Waals surface area contributed by atoms with Gasteiger partial charge in [-0.15, -0.1) is 0 Å². The van der Waals surface area contributed by atoms with Crippen LogP contribution in [0.5, 0.6) is 0 Å². The van der Waals surface area contributed by atoms with Crippen LogP contribution in [0.25, 0.3) is 0 Å². The molecule has 0 saturated heterocycles. The van der Waals surface area contributed by atoms with Crippen LogP contribution >= 0.6 is 0 Å². The molecule has 2 aromatic heterocycles. The summed E-state index contributed by atoms with van der Waals surface area (Å²) in [6.07, 6.45) is 7.89. The van der Waals surface area contributed by atoms with Gasteiger partial charge >= 0.3 is 5.69 Å². The van der Waals surface area contributed by atoms with Crippen LogP contribution in [0.2, 0.25) is 0 Å². The van der Waals surface area contributed by atoms with Crippen molar-refractivity contribution >= 4 is 33.3 Å². The smallest absolute Gasteiger partial charge is 0.320 e. The average Bonchev–Trinajstić information content (AvgIpc) is 3.30. The van der Waals surface area contributed by atoms with Gasteiger partial charge in [-0.3, -0.25) is 19.6 Å². The summed E-state index contributed by atoms with van der Waals surface area (Å²) < 4.78 is 29.6. The highest BCUT2D eigenvalue weighted by Gasteiger charge is 2.53. The second-order valence-corrected chi connectivity index (χ2v) is 12.9. The minimum atomic E-state index is -3.97. The Balaban J connectivity index is 1.21. The molecule has 2 N–H and O–H groups in total. The van der Waals surface area contributed by atoms with Gasteiger partial charge in [-0.1, -0.05) is 0 Å². The summed E-state index contributed by atoms with van der Waals surface area (Å²) in [5, 5.41) is 19.0. The van der Waals surface area contributed by atoms with Gasteiger partial charge in [0.2, 0.25) is 11.6 Å². The lowest BCUT2D eigenvalue weighted by atomic mass is 9.53. The Kier molecular flexibility index (Phi) is 5.93. The molecule has 0 atom stereocenters. The molecule has 39 heavy (non-hydrogen) atoms. The average molecular weight is 552 g/mol. The molecule has 7 rings (SSSR count). The summed E-state index contributed by atoms with van der Waals surface area (Å²) in [7, 11) is -3.97. The van der Waals surface area contributed by atoms with Crippen LogP contribution < -0.4 is 10.0 Å². The normalized spacial score (nSPS) is 25.4. The molecule has 13 heteroatoms. The number of hydrogen-bond acceptors (Lipinski definition) is 8. The number of aryl methyl sites for hydroxylation is 2. The highest BCUT2D eigenvalue weighted by Crippen LogP contribution is 2.58. The highest BCUT2D eigenvalue weighted by atomic mass is 32.2. The van der Waals surface area contributed by atoms with Crippen molar-refractivity contribution in [2.24, 2.45) is 17.8 Å². The number of hydrogen-bond donors (Lipinski definition) is 2. The van der Waals surface area contributed by atoms with Gasteiger partial charge in [0.15, 0.2) is 0 Å². The topological polar surface area (TPSA) is 162 Å². The SMILES string of the molecule is Cc1cc(C)nc(NS(=O)(=O)c2ccc(NC(=O)c3nn(C45CC6CC(CC(C6)C4)C5)cc3[N+](=O)[O-])cc2)n1. The Morgan fingerprint density at radius 2 is 1.59 bits per heavy atom. The number of nitro groups is 1. The van der Waals surface area contributed by atoms with E-state index in [-0.39, 0.29) is 33.5 Å². The summed E-state index contributed by atoms with van der Waals surface area (Å²) in [6, 6.07) is 7.20. The van der Waals surface area contributed by atoms with Gasteiger partial charge in [-0.25, -0.2) is 23.1 Å². The lowest BCUT2D eigenvalue weighted by Crippen LogP contribution is -2.52. The molecular weight excluding hydrogens is 522 g/mol. The zero-order valence-electron chi connectivity index (χ0n) is 21.6. The molecular formula is C26H29N7O5S. The van der Waals surface area contributed by atoms with Crippen LogP contribution in [0.4, 0.5) is 17.3 Å². The summed E-state index contributed by atoms with van der Waals surface area (Å²) in [5.41, 5.74) is 0.679. The van der Waals surface area contributed by atoms with Gasteiger partial charge in [0.25, 0.3) is 15.9 Å². The monoisotopic (exact) mass is 551 g/mol.